The Morgan fingerprint density at radius 1 is 1.13 bits per heavy atom. The van der Waals surface area contributed by atoms with Gasteiger partial charge >= 0.3 is 0 Å². The van der Waals surface area contributed by atoms with Crippen molar-refractivity contribution in [2.24, 2.45) is 5.92 Å². The predicted octanol–water partition coefficient (Wildman–Crippen LogP) is 4.64. The molecule has 10 nitrogen and oxygen atoms in total. The van der Waals surface area contributed by atoms with Crippen LogP contribution in [0.15, 0.2) is 22.7 Å². The average Bonchev–Trinajstić information content (AvgIpc) is 3.67. The fraction of sp³-hybridized carbons (Fsp3) is 0.464. The number of morpholine rings is 1. The summed E-state index contributed by atoms with van der Waals surface area (Å²) in [5, 5.41) is 12.8. The number of thiophene rings is 1. The zero-order valence-corrected chi connectivity index (χ0v) is 22.8. The number of rotatable bonds is 6. The van der Waals surface area contributed by atoms with Gasteiger partial charge < -0.3 is 24.1 Å². The lowest BCUT2D eigenvalue weighted by atomic mass is 9.90. The second-order valence-corrected chi connectivity index (χ2v) is 11.4. The number of aryl methyl sites for hydroxylation is 2. The first-order chi connectivity index (χ1) is 19.1. The van der Waals surface area contributed by atoms with Gasteiger partial charge in [0.25, 0.3) is 5.91 Å². The summed E-state index contributed by atoms with van der Waals surface area (Å²) in [5.74, 6) is 2.24. The summed E-state index contributed by atoms with van der Waals surface area (Å²) in [7, 11) is 1.87. The molecule has 7 heterocycles. The van der Waals surface area contributed by atoms with Crippen LogP contribution in [0.1, 0.15) is 52.9 Å². The lowest BCUT2D eigenvalue weighted by Crippen LogP contribution is -2.38. The van der Waals surface area contributed by atoms with Crippen LogP contribution in [0.3, 0.4) is 0 Å². The molecule has 0 radical (unpaired) electrons. The molecule has 3 aliphatic rings. The van der Waals surface area contributed by atoms with E-state index in [4.69, 9.17) is 18.9 Å². The summed E-state index contributed by atoms with van der Waals surface area (Å²) in [5.41, 5.74) is 3.90. The van der Waals surface area contributed by atoms with Crippen molar-refractivity contribution in [3.05, 3.63) is 41.2 Å². The van der Waals surface area contributed by atoms with Gasteiger partial charge in [-0.25, -0.2) is 4.98 Å². The molecule has 1 amide bonds. The van der Waals surface area contributed by atoms with Crippen molar-refractivity contribution in [2.45, 2.75) is 38.6 Å². The highest BCUT2D eigenvalue weighted by Gasteiger charge is 2.44. The molecule has 1 unspecified atom stereocenters. The maximum absolute atomic E-state index is 14.0. The number of carbonyl (C=O) groups excluding carboxylic acids is 1. The minimum absolute atomic E-state index is 0.0151. The van der Waals surface area contributed by atoms with E-state index < -0.39 is 0 Å². The number of fused-ring (bicyclic) bond motifs is 4. The first kappa shape index (κ1) is 24.6. The number of anilines is 1. The summed E-state index contributed by atoms with van der Waals surface area (Å²) in [6.07, 6.45) is 5.62. The van der Waals surface area contributed by atoms with Gasteiger partial charge in [-0.05, 0) is 49.1 Å². The summed E-state index contributed by atoms with van der Waals surface area (Å²) in [6, 6.07) is 3.94. The lowest BCUT2D eigenvalue weighted by Gasteiger charge is -2.29. The minimum atomic E-state index is -0.191. The highest BCUT2D eigenvalue weighted by Crippen LogP contribution is 2.48. The number of ether oxygens (including phenoxy) is 2. The molecule has 2 fully saturated rings. The van der Waals surface area contributed by atoms with Gasteiger partial charge in [0.1, 0.15) is 5.82 Å². The molecule has 0 spiro atoms. The van der Waals surface area contributed by atoms with Crippen LogP contribution in [0.4, 0.5) is 5.82 Å². The van der Waals surface area contributed by atoms with Crippen LogP contribution in [0, 0.1) is 12.8 Å². The number of hydrogen-bond acceptors (Lipinski definition) is 10. The van der Waals surface area contributed by atoms with Gasteiger partial charge in [0, 0.05) is 50.4 Å². The number of pyridine rings is 2. The first-order valence-corrected chi connectivity index (χ1v) is 14.3. The van der Waals surface area contributed by atoms with E-state index in [0.29, 0.717) is 43.0 Å². The standard InChI is InChI=1S/C28H30N6O4S/c1-15-32-33-27(38-15)21-18(4-3-16-6-10-36-11-7-16)31-24-19-14-37-12-9-34(19)28(35)23(24)22(21)20-13-17-5-8-30-26(29-2)25(17)39-20/h5,8,13,16,19H,3-4,6-7,9-12,14H2,1-2H3,(H,29,30). The Bertz CT molecular complexity index is 1560. The number of nitrogens with zero attached hydrogens (tertiary/aromatic N) is 5. The quantitative estimate of drug-likeness (QED) is 0.369. The van der Waals surface area contributed by atoms with Crippen molar-refractivity contribution in [3.8, 4) is 21.9 Å². The Morgan fingerprint density at radius 2 is 2.00 bits per heavy atom. The van der Waals surface area contributed by atoms with E-state index in [-0.39, 0.29) is 11.9 Å². The Balaban J connectivity index is 1.47. The first-order valence-electron chi connectivity index (χ1n) is 13.5. The monoisotopic (exact) mass is 546 g/mol. The molecule has 4 aromatic rings. The highest BCUT2D eigenvalue weighted by molar-refractivity contribution is 7.23. The molecule has 7 rings (SSSR count). The number of amides is 1. The molecule has 2 saturated heterocycles. The van der Waals surface area contributed by atoms with Gasteiger partial charge in [0.05, 0.1) is 46.5 Å². The third kappa shape index (κ3) is 4.19. The van der Waals surface area contributed by atoms with Crippen molar-refractivity contribution in [2.75, 3.05) is 45.3 Å². The number of nitrogens with one attached hydrogen (secondary N) is 1. The van der Waals surface area contributed by atoms with Crippen molar-refractivity contribution in [1.82, 2.24) is 25.1 Å². The zero-order chi connectivity index (χ0) is 26.5. The second-order valence-electron chi connectivity index (χ2n) is 10.3. The van der Waals surface area contributed by atoms with Crippen LogP contribution in [0.25, 0.3) is 32.0 Å². The Hall–Kier alpha value is -3.41. The molecular weight excluding hydrogens is 516 g/mol. The molecule has 0 aliphatic carbocycles. The molecule has 3 aliphatic heterocycles. The minimum Gasteiger partial charge on any atom is -0.421 e. The molecule has 0 saturated carbocycles. The fourth-order valence-electron chi connectivity index (χ4n) is 6.03. The predicted molar refractivity (Wildman–Crippen MR) is 147 cm³/mol. The van der Waals surface area contributed by atoms with E-state index in [1.54, 1.807) is 24.5 Å². The van der Waals surface area contributed by atoms with Crippen LogP contribution in [0.2, 0.25) is 0 Å². The molecule has 1 atom stereocenters. The Kier molecular flexibility index (Phi) is 6.29. The maximum atomic E-state index is 14.0. The van der Waals surface area contributed by atoms with Gasteiger partial charge in [-0.3, -0.25) is 9.78 Å². The molecule has 4 aromatic heterocycles. The molecule has 39 heavy (non-hydrogen) atoms. The zero-order valence-electron chi connectivity index (χ0n) is 22.0. The van der Waals surface area contributed by atoms with Gasteiger partial charge in [-0.1, -0.05) is 0 Å². The van der Waals surface area contributed by atoms with E-state index >= 15 is 0 Å². The topological polar surface area (TPSA) is 116 Å². The SMILES string of the molecule is CNc1nccc2cc(-c3c4c(nc(CCC5CCOCC5)c3-c3nnc(C)o3)C3COCCN3C4=O)sc12. The van der Waals surface area contributed by atoms with E-state index in [9.17, 15) is 4.79 Å². The fourth-order valence-corrected chi connectivity index (χ4v) is 7.23. The van der Waals surface area contributed by atoms with E-state index in [0.717, 1.165) is 82.2 Å². The van der Waals surface area contributed by atoms with Crippen LogP contribution in [-0.2, 0) is 15.9 Å². The Labute approximate surface area is 229 Å². The summed E-state index contributed by atoms with van der Waals surface area (Å²) in [6.45, 7) is 4.91. The van der Waals surface area contributed by atoms with E-state index in [2.05, 4.69) is 26.6 Å². The van der Waals surface area contributed by atoms with Crippen LogP contribution < -0.4 is 5.32 Å². The molecule has 1 N–H and O–H groups in total. The molecule has 202 valence electrons. The van der Waals surface area contributed by atoms with Crippen molar-refractivity contribution < 1.29 is 18.7 Å². The number of carbonyl (C=O) groups is 1. The summed E-state index contributed by atoms with van der Waals surface area (Å²) in [4.78, 5) is 26.6. The van der Waals surface area contributed by atoms with Crippen LogP contribution in [0.5, 0.6) is 0 Å². The molecule has 0 bridgehead atoms. The molecule has 11 heteroatoms. The third-order valence-corrected chi connectivity index (χ3v) is 9.18. The third-order valence-electron chi connectivity index (χ3n) is 8.01. The Morgan fingerprint density at radius 3 is 2.79 bits per heavy atom. The highest BCUT2D eigenvalue weighted by atomic mass is 32.1. The van der Waals surface area contributed by atoms with Crippen molar-refractivity contribution in [3.63, 3.8) is 0 Å². The number of aromatic nitrogens is 4. The summed E-state index contributed by atoms with van der Waals surface area (Å²) < 4.78 is 18.5. The normalized spacial score (nSPS) is 19.5. The van der Waals surface area contributed by atoms with E-state index in [1.807, 2.05) is 18.0 Å². The van der Waals surface area contributed by atoms with E-state index in [1.165, 1.54) is 0 Å². The second kappa shape index (κ2) is 9.96. The van der Waals surface area contributed by atoms with Crippen molar-refractivity contribution in [1.29, 1.82) is 0 Å². The lowest BCUT2D eigenvalue weighted by molar-refractivity contribution is 0.00352. The van der Waals surface area contributed by atoms with Crippen molar-refractivity contribution >= 4 is 33.1 Å². The van der Waals surface area contributed by atoms with Gasteiger partial charge in [0.15, 0.2) is 0 Å². The maximum Gasteiger partial charge on any atom is 0.257 e. The smallest absolute Gasteiger partial charge is 0.257 e. The average molecular weight is 547 g/mol. The number of hydrogen-bond donors (Lipinski definition) is 1. The molecule has 0 aromatic carbocycles. The largest absolute Gasteiger partial charge is 0.421 e. The van der Waals surface area contributed by atoms with Crippen LogP contribution >= 0.6 is 11.3 Å². The van der Waals surface area contributed by atoms with Crippen LogP contribution in [-0.4, -0.2) is 71.0 Å². The van der Waals surface area contributed by atoms with Gasteiger partial charge in [-0.15, -0.1) is 21.5 Å². The molecular formula is C28H30N6O4S. The van der Waals surface area contributed by atoms with Gasteiger partial charge in [-0.2, -0.15) is 0 Å². The van der Waals surface area contributed by atoms with Gasteiger partial charge in [0.2, 0.25) is 11.8 Å². The summed E-state index contributed by atoms with van der Waals surface area (Å²) >= 11 is 1.61.